The Morgan fingerprint density at radius 1 is 0.926 bits per heavy atom. The predicted molar refractivity (Wildman–Crippen MR) is 101 cm³/mol. The topological polar surface area (TPSA) is 60.4 Å². The molecule has 0 saturated heterocycles. The monoisotopic (exact) mass is 368 g/mol. The zero-order valence-corrected chi connectivity index (χ0v) is 16.0. The number of carbonyl (C=O) groups is 3. The molecule has 5 rings (SSSR count). The Hall–Kier alpha value is -1.97. The van der Waals surface area contributed by atoms with Crippen LogP contribution in [-0.2, 0) is 14.3 Å². The summed E-state index contributed by atoms with van der Waals surface area (Å²) in [5.74, 6) is 1.68. The van der Waals surface area contributed by atoms with Gasteiger partial charge in [-0.05, 0) is 63.2 Å². The number of hydrogen-bond donors (Lipinski definition) is 0. The van der Waals surface area contributed by atoms with E-state index >= 15 is 0 Å². The molecule has 4 bridgehead atoms. The highest BCUT2D eigenvalue weighted by atomic mass is 16.5. The molecule has 4 aliphatic rings. The van der Waals surface area contributed by atoms with Crippen molar-refractivity contribution in [1.82, 2.24) is 0 Å². The summed E-state index contributed by atoms with van der Waals surface area (Å²) >= 11 is 0. The van der Waals surface area contributed by atoms with E-state index in [0.717, 1.165) is 24.8 Å². The first-order chi connectivity index (χ1) is 12.9. The van der Waals surface area contributed by atoms with E-state index < -0.39 is 5.97 Å². The molecule has 0 radical (unpaired) electrons. The molecule has 0 atom stereocenters. The molecule has 0 N–H and O–H groups in total. The first kappa shape index (κ1) is 18.4. The average Bonchev–Trinajstić information content (AvgIpc) is 2.63. The van der Waals surface area contributed by atoms with E-state index in [9.17, 15) is 14.4 Å². The van der Waals surface area contributed by atoms with Gasteiger partial charge in [0, 0.05) is 17.4 Å². The van der Waals surface area contributed by atoms with Gasteiger partial charge in [-0.25, -0.2) is 0 Å². The Balaban J connectivity index is 1.25. The highest BCUT2D eigenvalue weighted by Gasteiger charge is 2.54. The van der Waals surface area contributed by atoms with Crippen LogP contribution in [0.3, 0.4) is 0 Å². The SMILES string of the molecule is Cc1ccc(C(=O)CCC(=O)OCC(=O)C23CC4CC(CC(C4)C2)C3)cc1. The van der Waals surface area contributed by atoms with Crippen molar-refractivity contribution in [2.45, 2.75) is 58.3 Å². The van der Waals surface area contributed by atoms with Crippen molar-refractivity contribution >= 4 is 17.5 Å². The van der Waals surface area contributed by atoms with E-state index in [1.165, 1.54) is 19.3 Å². The van der Waals surface area contributed by atoms with Crippen LogP contribution < -0.4 is 0 Å². The van der Waals surface area contributed by atoms with Crippen molar-refractivity contribution in [1.29, 1.82) is 0 Å². The van der Waals surface area contributed by atoms with E-state index in [2.05, 4.69) is 0 Å². The lowest BCUT2D eigenvalue weighted by molar-refractivity contribution is -0.157. The fourth-order valence-electron chi connectivity index (χ4n) is 5.92. The zero-order valence-electron chi connectivity index (χ0n) is 16.0. The first-order valence-electron chi connectivity index (χ1n) is 10.2. The minimum atomic E-state index is -0.450. The second kappa shape index (κ2) is 7.21. The molecule has 4 fully saturated rings. The molecule has 0 heterocycles. The molecule has 0 unspecified atom stereocenters. The smallest absolute Gasteiger partial charge is 0.306 e. The van der Waals surface area contributed by atoms with E-state index in [4.69, 9.17) is 4.74 Å². The van der Waals surface area contributed by atoms with Gasteiger partial charge in [0.1, 0.15) is 0 Å². The third-order valence-corrected chi connectivity index (χ3v) is 6.92. The van der Waals surface area contributed by atoms with Gasteiger partial charge >= 0.3 is 5.97 Å². The van der Waals surface area contributed by atoms with E-state index in [-0.39, 0.29) is 36.4 Å². The number of aryl methyl sites for hydroxylation is 1. The van der Waals surface area contributed by atoms with Crippen LogP contribution in [0.15, 0.2) is 24.3 Å². The number of benzene rings is 1. The maximum atomic E-state index is 12.8. The standard InChI is InChI=1S/C23H28O4/c1-15-2-4-19(5-3-15)20(24)6-7-22(26)27-14-21(25)23-11-16-8-17(12-23)10-18(9-16)13-23/h2-5,16-18H,6-14H2,1H3. The fraction of sp³-hybridized carbons (Fsp3) is 0.609. The summed E-state index contributed by atoms with van der Waals surface area (Å²) in [5.41, 5.74) is 1.47. The maximum absolute atomic E-state index is 12.8. The number of esters is 1. The van der Waals surface area contributed by atoms with E-state index in [1.54, 1.807) is 12.1 Å². The second-order valence-electron chi connectivity index (χ2n) is 9.07. The summed E-state index contributed by atoms with van der Waals surface area (Å²) < 4.78 is 5.26. The Kier molecular flexibility index (Phi) is 4.92. The van der Waals surface area contributed by atoms with Gasteiger partial charge in [0.25, 0.3) is 0 Å². The third kappa shape index (κ3) is 3.85. The number of rotatable bonds is 7. The molecule has 0 amide bonds. The average molecular weight is 368 g/mol. The number of Topliss-reactive ketones (excluding diaryl/α,β-unsaturated/α-hetero) is 2. The number of carbonyl (C=O) groups excluding carboxylic acids is 3. The van der Waals surface area contributed by atoms with Crippen molar-refractivity contribution < 1.29 is 19.1 Å². The summed E-state index contributed by atoms with van der Waals surface area (Å²) in [6, 6.07) is 7.32. The van der Waals surface area contributed by atoms with Crippen molar-refractivity contribution in [3.63, 3.8) is 0 Å². The van der Waals surface area contributed by atoms with Gasteiger partial charge in [-0.1, -0.05) is 29.8 Å². The normalized spacial score (nSPS) is 30.9. The van der Waals surface area contributed by atoms with Crippen LogP contribution in [0.2, 0.25) is 0 Å². The molecule has 27 heavy (non-hydrogen) atoms. The molecular formula is C23H28O4. The highest BCUT2D eigenvalue weighted by Crippen LogP contribution is 2.60. The molecule has 4 heteroatoms. The lowest BCUT2D eigenvalue weighted by Crippen LogP contribution is -2.51. The Morgan fingerprint density at radius 3 is 2.04 bits per heavy atom. The lowest BCUT2D eigenvalue weighted by Gasteiger charge is -2.55. The Bertz CT molecular complexity index is 711. The number of ether oxygens (including phenoxy) is 1. The van der Waals surface area contributed by atoms with Crippen LogP contribution in [0.1, 0.15) is 67.3 Å². The molecule has 1 aromatic carbocycles. The minimum Gasteiger partial charge on any atom is -0.458 e. The van der Waals surface area contributed by atoms with E-state index in [1.807, 2.05) is 19.1 Å². The molecule has 0 aliphatic heterocycles. The number of hydrogen-bond acceptors (Lipinski definition) is 4. The van der Waals surface area contributed by atoms with Gasteiger partial charge in [0.15, 0.2) is 18.2 Å². The van der Waals surface area contributed by atoms with Gasteiger partial charge in [0.05, 0.1) is 6.42 Å². The summed E-state index contributed by atoms with van der Waals surface area (Å²) in [4.78, 5) is 37.0. The molecule has 4 saturated carbocycles. The molecule has 1 aromatic rings. The summed E-state index contributed by atoms with van der Waals surface area (Å²) in [6.07, 6.45) is 6.96. The molecule has 4 aliphatic carbocycles. The van der Waals surface area contributed by atoms with Crippen molar-refractivity contribution in [3.05, 3.63) is 35.4 Å². The Labute approximate surface area is 160 Å². The first-order valence-corrected chi connectivity index (χ1v) is 10.2. The third-order valence-electron chi connectivity index (χ3n) is 6.92. The summed E-state index contributed by atoms with van der Waals surface area (Å²) in [7, 11) is 0. The van der Waals surface area contributed by atoms with Crippen molar-refractivity contribution in [3.8, 4) is 0 Å². The van der Waals surface area contributed by atoms with Gasteiger partial charge in [-0.2, -0.15) is 0 Å². The van der Waals surface area contributed by atoms with E-state index in [0.29, 0.717) is 23.3 Å². The van der Waals surface area contributed by atoms with Crippen LogP contribution in [0.4, 0.5) is 0 Å². The molecule has 0 aromatic heterocycles. The van der Waals surface area contributed by atoms with Crippen molar-refractivity contribution in [2.75, 3.05) is 6.61 Å². The zero-order chi connectivity index (χ0) is 19.0. The molecule has 0 spiro atoms. The Morgan fingerprint density at radius 2 is 1.48 bits per heavy atom. The van der Waals surface area contributed by atoms with Crippen LogP contribution in [0.25, 0.3) is 0 Å². The molecule has 4 nitrogen and oxygen atoms in total. The van der Waals surface area contributed by atoms with Gasteiger partial charge in [-0.3, -0.25) is 14.4 Å². The largest absolute Gasteiger partial charge is 0.458 e. The fourth-order valence-corrected chi connectivity index (χ4v) is 5.92. The van der Waals surface area contributed by atoms with Gasteiger partial charge in [0.2, 0.25) is 0 Å². The van der Waals surface area contributed by atoms with Gasteiger partial charge in [-0.15, -0.1) is 0 Å². The quantitative estimate of drug-likeness (QED) is 0.532. The second-order valence-corrected chi connectivity index (χ2v) is 9.07. The van der Waals surface area contributed by atoms with Crippen LogP contribution in [0, 0.1) is 30.1 Å². The molecule has 144 valence electrons. The maximum Gasteiger partial charge on any atom is 0.306 e. The molecular weight excluding hydrogens is 340 g/mol. The summed E-state index contributed by atoms with van der Waals surface area (Å²) in [5, 5.41) is 0. The minimum absolute atomic E-state index is 0.0286. The van der Waals surface area contributed by atoms with Crippen LogP contribution >= 0.6 is 0 Å². The van der Waals surface area contributed by atoms with Crippen molar-refractivity contribution in [2.24, 2.45) is 23.2 Å². The number of ketones is 2. The lowest BCUT2D eigenvalue weighted by atomic mass is 9.48. The van der Waals surface area contributed by atoms with Crippen LogP contribution in [-0.4, -0.2) is 24.1 Å². The highest BCUT2D eigenvalue weighted by molar-refractivity contribution is 5.97. The predicted octanol–water partition coefficient (Wildman–Crippen LogP) is 4.29. The summed E-state index contributed by atoms with van der Waals surface area (Å²) in [6.45, 7) is 1.84. The van der Waals surface area contributed by atoms with Gasteiger partial charge < -0.3 is 4.74 Å². The van der Waals surface area contributed by atoms with Crippen LogP contribution in [0.5, 0.6) is 0 Å².